The smallest absolute Gasteiger partial charge is 0.243 e. The highest BCUT2D eigenvalue weighted by Crippen LogP contribution is 2.27. The molecule has 2 rings (SSSR count). The number of hydrogen-bond donors (Lipinski definition) is 2. The van der Waals surface area contributed by atoms with Gasteiger partial charge in [-0.1, -0.05) is 6.92 Å². The van der Waals surface area contributed by atoms with E-state index in [4.69, 9.17) is 10.5 Å². The van der Waals surface area contributed by atoms with Crippen LogP contribution in [-0.2, 0) is 14.3 Å². The molecule has 2 heterocycles. The van der Waals surface area contributed by atoms with Crippen molar-refractivity contribution in [1.29, 1.82) is 0 Å². The predicted molar refractivity (Wildman–Crippen MR) is 65.8 cm³/mol. The molecule has 0 aromatic carbocycles. The van der Waals surface area contributed by atoms with Crippen molar-refractivity contribution in [1.82, 2.24) is 10.2 Å². The summed E-state index contributed by atoms with van der Waals surface area (Å²) in [5, 5.41) is 3.29. The quantitative estimate of drug-likeness (QED) is 0.693. The van der Waals surface area contributed by atoms with Crippen molar-refractivity contribution in [3.05, 3.63) is 0 Å². The number of carbonyl (C=O) groups excluding carboxylic acids is 2. The molecule has 102 valence electrons. The number of nitrogens with zero attached hydrogens (tertiary/aromatic N) is 1. The van der Waals surface area contributed by atoms with Crippen LogP contribution in [0.3, 0.4) is 0 Å². The fourth-order valence-corrected chi connectivity index (χ4v) is 2.80. The van der Waals surface area contributed by atoms with Gasteiger partial charge in [-0.2, -0.15) is 0 Å². The summed E-state index contributed by atoms with van der Waals surface area (Å²) in [7, 11) is 0. The van der Waals surface area contributed by atoms with Crippen LogP contribution in [0.1, 0.15) is 26.2 Å². The van der Waals surface area contributed by atoms with E-state index in [0.29, 0.717) is 13.2 Å². The Labute approximate surface area is 107 Å². The molecule has 6 heteroatoms. The minimum atomic E-state index is -0.628. The number of primary amides is 1. The highest BCUT2D eigenvalue weighted by Gasteiger charge is 2.45. The van der Waals surface area contributed by atoms with Gasteiger partial charge in [0.15, 0.2) is 0 Å². The fraction of sp³-hybridized carbons (Fsp3) is 0.833. The van der Waals surface area contributed by atoms with Crippen LogP contribution in [-0.4, -0.2) is 54.6 Å². The van der Waals surface area contributed by atoms with Crippen LogP contribution in [0.15, 0.2) is 0 Å². The second kappa shape index (κ2) is 5.24. The van der Waals surface area contributed by atoms with Crippen LogP contribution in [0, 0.1) is 0 Å². The summed E-state index contributed by atoms with van der Waals surface area (Å²) < 4.78 is 5.24. The van der Waals surface area contributed by atoms with Gasteiger partial charge in [0.2, 0.25) is 11.8 Å². The van der Waals surface area contributed by atoms with Crippen molar-refractivity contribution in [2.75, 3.05) is 26.3 Å². The molecule has 0 spiro atoms. The lowest BCUT2D eigenvalue weighted by atomic mass is 9.91. The zero-order valence-corrected chi connectivity index (χ0v) is 10.8. The fourth-order valence-electron chi connectivity index (χ4n) is 2.80. The lowest BCUT2D eigenvalue weighted by Crippen LogP contribution is -2.62. The molecule has 18 heavy (non-hydrogen) atoms. The lowest BCUT2D eigenvalue weighted by molar-refractivity contribution is -0.152. The van der Waals surface area contributed by atoms with Gasteiger partial charge in [-0.3, -0.25) is 9.59 Å². The Morgan fingerprint density at radius 1 is 1.56 bits per heavy atom. The van der Waals surface area contributed by atoms with E-state index in [1.807, 2.05) is 6.92 Å². The molecule has 0 aliphatic carbocycles. The Kier molecular flexibility index (Phi) is 3.87. The molecule has 2 aliphatic rings. The van der Waals surface area contributed by atoms with Crippen LogP contribution in [0.2, 0.25) is 0 Å². The molecule has 6 nitrogen and oxygen atoms in total. The molecule has 0 bridgehead atoms. The van der Waals surface area contributed by atoms with Crippen molar-refractivity contribution in [2.24, 2.45) is 5.73 Å². The van der Waals surface area contributed by atoms with E-state index in [1.54, 1.807) is 4.90 Å². The van der Waals surface area contributed by atoms with Gasteiger partial charge in [0.1, 0.15) is 6.04 Å². The van der Waals surface area contributed by atoms with E-state index >= 15 is 0 Å². The van der Waals surface area contributed by atoms with Crippen molar-refractivity contribution in [2.45, 2.75) is 37.8 Å². The van der Waals surface area contributed by atoms with Crippen molar-refractivity contribution in [3.8, 4) is 0 Å². The molecule has 2 amide bonds. The third-order valence-corrected chi connectivity index (χ3v) is 3.97. The topological polar surface area (TPSA) is 84.7 Å². The zero-order valence-electron chi connectivity index (χ0n) is 10.8. The Morgan fingerprint density at radius 3 is 2.89 bits per heavy atom. The average Bonchev–Trinajstić information content (AvgIpc) is 2.87. The van der Waals surface area contributed by atoms with E-state index in [1.165, 1.54) is 0 Å². The van der Waals surface area contributed by atoms with Crippen molar-refractivity contribution < 1.29 is 14.3 Å². The number of morpholine rings is 1. The number of ether oxygens (including phenoxy) is 1. The summed E-state index contributed by atoms with van der Waals surface area (Å²) in [6, 6.07) is -0.628. The summed E-state index contributed by atoms with van der Waals surface area (Å²) in [6.07, 6.45) is 2.55. The molecule has 0 radical (unpaired) electrons. The van der Waals surface area contributed by atoms with Gasteiger partial charge >= 0.3 is 0 Å². The molecule has 0 aromatic rings. The summed E-state index contributed by atoms with van der Waals surface area (Å²) in [5.74, 6) is -0.498. The first-order valence-corrected chi connectivity index (χ1v) is 6.54. The highest BCUT2D eigenvalue weighted by atomic mass is 16.5. The summed E-state index contributed by atoms with van der Waals surface area (Å²) in [5.41, 5.74) is 4.84. The molecular weight excluding hydrogens is 234 g/mol. The first-order valence-electron chi connectivity index (χ1n) is 6.54. The number of rotatable bonds is 3. The second-order valence-corrected chi connectivity index (χ2v) is 4.96. The van der Waals surface area contributed by atoms with E-state index in [-0.39, 0.29) is 12.5 Å². The van der Waals surface area contributed by atoms with Crippen molar-refractivity contribution in [3.63, 3.8) is 0 Å². The maximum atomic E-state index is 12.7. The maximum absolute atomic E-state index is 12.7. The predicted octanol–water partition coefficient (Wildman–Crippen LogP) is -0.769. The standard InChI is InChI=1S/C12H21N3O3/c1-2-12(4-3-5-14-12)11(17)15-6-7-18-8-9(15)10(13)16/h9,14H,2-8H2,1H3,(H2,13,16). The third kappa shape index (κ3) is 2.22. The largest absolute Gasteiger partial charge is 0.377 e. The number of hydrogen-bond acceptors (Lipinski definition) is 4. The molecule has 2 saturated heterocycles. The van der Waals surface area contributed by atoms with Crippen LogP contribution in [0.25, 0.3) is 0 Å². The van der Waals surface area contributed by atoms with Crippen LogP contribution >= 0.6 is 0 Å². The second-order valence-electron chi connectivity index (χ2n) is 4.96. The van der Waals surface area contributed by atoms with Crippen LogP contribution < -0.4 is 11.1 Å². The maximum Gasteiger partial charge on any atom is 0.243 e. The Bertz CT molecular complexity index is 339. The third-order valence-electron chi connectivity index (χ3n) is 3.97. The monoisotopic (exact) mass is 255 g/mol. The van der Waals surface area contributed by atoms with E-state index in [0.717, 1.165) is 25.8 Å². The number of nitrogens with one attached hydrogen (secondary N) is 1. The average molecular weight is 255 g/mol. The zero-order chi connectivity index (χ0) is 13.2. The summed E-state index contributed by atoms with van der Waals surface area (Å²) in [6.45, 7) is 3.97. The SMILES string of the molecule is CCC1(C(=O)N2CCOCC2C(N)=O)CCCN1. The molecule has 2 aliphatic heterocycles. The van der Waals surface area contributed by atoms with Gasteiger partial charge in [-0.05, 0) is 25.8 Å². The van der Waals surface area contributed by atoms with Gasteiger partial charge in [0, 0.05) is 6.54 Å². The number of nitrogens with two attached hydrogens (primary N) is 1. The Balaban J connectivity index is 2.17. The first-order chi connectivity index (χ1) is 8.60. The number of carbonyl (C=O) groups is 2. The molecule has 0 saturated carbocycles. The molecule has 2 unspecified atom stereocenters. The van der Waals surface area contributed by atoms with Crippen LogP contribution in [0.4, 0.5) is 0 Å². The minimum Gasteiger partial charge on any atom is -0.377 e. The summed E-state index contributed by atoms with van der Waals surface area (Å²) >= 11 is 0. The molecular formula is C12H21N3O3. The highest BCUT2D eigenvalue weighted by molar-refractivity contribution is 5.92. The Hall–Kier alpha value is -1.14. The molecule has 0 aromatic heterocycles. The summed E-state index contributed by atoms with van der Waals surface area (Å²) in [4.78, 5) is 25.7. The van der Waals surface area contributed by atoms with Crippen LogP contribution in [0.5, 0.6) is 0 Å². The van der Waals surface area contributed by atoms with E-state index in [2.05, 4.69) is 5.32 Å². The van der Waals surface area contributed by atoms with Gasteiger partial charge in [-0.25, -0.2) is 0 Å². The normalized spacial score (nSPS) is 32.5. The molecule has 2 fully saturated rings. The van der Waals surface area contributed by atoms with E-state index < -0.39 is 17.5 Å². The van der Waals surface area contributed by atoms with E-state index in [9.17, 15) is 9.59 Å². The molecule has 2 atom stereocenters. The minimum absolute atomic E-state index is 0.00500. The Morgan fingerprint density at radius 2 is 2.33 bits per heavy atom. The van der Waals surface area contributed by atoms with Gasteiger partial charge < -0.3 is 20.7 Å². The van der Waals surface area contributed by atoms with Gasteiger partial charge in [0.25, 0.3) is 0 Å². The first kappa shape index (κ1) is 13.3. The van der Waals surface area contributed by atoms with Gasteiger partial charge in [-0.15, -0.1) is 0 Å². The number of amides is 2. The van der Waals surface area contributed by atoms with Gasteiger partial charge in [0.05, 0.1) is 18.8 Å². The van der Waals surface area contributed by atoms with Crippen molar-refractivity contribution >= 4 is 11.8 Å². The lowest BCUT2D eigenvalue weighted by Gasteiger charge is -2.39. The molecule has 3 N–H and O–H groups in total.